The zero-order chi connectivity index (χ0) is 31.6. The van der Waals surface area contributed by atoms with Crippen LogP contribution in [0.4, 0.5) is 0 Å². The third-order valence-electron chi connectivity index (χ3n) is 8.25. The predicted molar refractivity (Wildman–Crippen MR) is 185 cm³/mol. The molecule has 0 spiro atoms. The first-order chi connectivity index (χ1) is 22.1. The van der Waals surface area contributed by atoms with Crippen LogP contribution in [0.25, 0.3) is 0 Å². The first-order valence-corrected chi connectivity index (χ1v) is 17.0. The van der Waals surface area contributed by atoms with E-state index in [2.05, 4.69) is 101 Å². The zero-order valence-electron chi connectivity index (χ0n) is 28.0. The van der Waals surface area contributed by atoms with E-state index in [-0.39, 0.29) is 0 Å². The second-order valence-electron chi connectivity index (χ2n) is 12.2. The van der Waals surface area contributed by atoms with Gasteiger partial charge in [0.15, 0.2) is 0 Å². The number of ether oxygens (including phenoxy) is 4. The minimum absolute atomic E-state index is 0.677. The summed E-state index contributed by atoms with van der Waals surface area (Å²) in [6.07, 6.45) is 6.75. The third kappa shape index (κ3) is 7.84. The van der Waals surface area contributed by atoms with Crippen LogP contribution in [0.2, 0.25) is 0 Å². The number of para-hydroxylation sites is 3. The van der Waals surface area contributed by atoms with E-state index in [1.807, 2.05) is 0 Å². The largest absolute Gasteiger partial charge is 0.493 e. The van der Waals surface area contributed by atoms with Gasteiger partial charge in [-0.25, -0.2) is 0 Å². The molecule has 0 saturated heterocycles. The van der Waals surface area contributed by atoms with Gasteiger partial charge in [-0.15, -0.1) is 0 Å². The quantitative estimate of drug-likeness (QED) is 0.142. The van der Waals surface area contributed by atoms with Gasteiger partial charge in [-0.05, 0) is 77.1 Å². The van der Waals surface area contributed by atoms with Crippen molar-refractivity contribution >= 4 is 0 Å². The molecule has 0 amide bonds. The van der Waals surface area contributed by atoms with Crippen molar-refractivity contribution in [2.45, 2.75) is 86.0 Å². The minimum atomic E-state index is 0.677. The maximum Gasteiger partial charge on any atom is 0.126 e. The first-order valence-electron chi connectivity index (χ1n) is 17.0. The second kappa shape index (κ2) is 15.9. The molecule has 4 heteroatoms. The van der Waals surface area contributed by atoms with E-state index >= 15 is 0 Å². The van der Waals surface area contributed by atoms with Crippen LogP contribution in [0.5, 0.6) is 23.0 Å². The van der Waals surface area contributed by atoms with Crippen molar-refractivity contribution in [3.63, 3.8) is 0 Å². The normalized spacial score (nSPS) is 12.5. The fourth-order valence-electron chi connectivity index (χ4n) is 6.32. The molecule has 0 N–H and O–H groups in total. The maximum atomic E-state index is 6.59. The molecular weight excluding hydrogens is 556 g/mol. The molecule has 0 radical (unpaired) electrons. The van der Waals surface area contributed by atoms with Crippen molar-refractivity contribution in [1.29, 1.82) is 0 Å². The van der Waals surface area contributed by atoms with Crippen LogP contribution < -0.4 is 18.9 Å². The number of hydrogen-bond acceptors (Lipinski definition) is 4. The summed E-state index contributed by atoms with van der Waals surface area (Å²) in [4.78, 5) is 0. The molecule has 4 nitrogen and oxygen atoms in total. The standard InChI is InChI=1S/C41H50O4/c1-6-19-42-38-30-13-10-14-31(38)26-33-16-12-18-35(40(33)44-21-8-3)28-37-24-29(5)23-36(41(37)45-22-9-4)27-34-17-11-15-32(25-30)39(34)43-20-7-2/h10-18,23-24H,6-9,19-22,25-28H2,1-5H3. The Kier molecular flexibility index (Phi) is 11.5. The van der Waals surface area contributed by atoms with Crippen LogP contribution in [0.15, 0.2) is 66.7 Å². The van der Waals surface area contributed by atoms with Crippen molar-refractivity contribution in [1.82, 2.24) is 0 Å². The molecule has 0 unspecified atom stereocenters. The van der Waals surface area contributed by atoms with Crippen LogP contribution in [-0.4, -0.2) is 26.4 Å². The zero-order valence-corrected chi connectivity index (χ0v) is 28.0. The van der Waals surface area contributed by atoms with E-state index < -0.39 is 0 Å². The van der Waals surface area contributed by atoms with Crippen molar-refractivity contribution in [3.05, 3.63) is 117 Å². The third-order valence-corrected chi connectivity index (χ3v) is 8.25. The monoisotopic (exact) mass is 606 g/mol. The summed E-state index contributed by atoms with van der Waals surface area (Å²) in [7, 11) is 0. The van der Waals surface area contributed by atoms with Crippen molar-refractivity contribution < 1.29 is 18.9 Å². The fraction of sp³-hybridized carbons (Fsp3) is 0.415. The Bertz CT molecular complexity index is 1470. The Hall–Kier alpha value is -3.92. The lowest BCUT2D eigenvalue weighted by molar-refractivity contribution is 0.304. The van der Waals surface area contributed by atoms with Crippen LogP contribution in [0.3, 0.4) is 0 Å². The van der Waals surface area contributed by atoms with Gasteiger partial charge in [-0.2, -0.15) is 0 Å². The lowest BCUT2D eigenvalue weighted by atomic mass is 9.90. The predicted octanol–water partition coefficient (Wildman–Crippen LogP) is 9.83. The Balaban J connectivity index is 1.76. The van der Waals surface area contributed by atoms with Gasteiger partial charge in [-0.1, -0.05) is 100.0 Å². The molecular formula is C41H50O4. The highest BCUT2D eigenvalue weighted by atomic mass is 16.5. The van der Waals surface area contributed by atoms with Crippen molar-refractivity contribution in [2.75, 3.05) is 26.4 Å². The summed E-state index contributed by atoms with van der Waals surface area (Å²) in [5.41, 5.74) is 10.7. The molecule has 5 rings (SSSR count). The first kappa shape index (κ1) is 32.5. The van der Waals surface area contributed by atoms with Crippen LogP contribution in [-0.2, 0) is 25.7 Å². The lowest BCUT2D eigenvalue weighted by Gasteiger charge is -2.23. The van der Waals surface area contributed by atoms with E-state index in [9.17, 15) is 0 Å². The van der Waals surface area contributed by atoms with Crippen LogP contribution >= 0.6 is 0 Å². The SMILES string of the molecule is CCCOc1c2cccc1Cc1cccc(c1OCCC)Cc1cc(C)cc(c1OCCC)Cc1cccc(c1OCCC)C2. The van der Waals surface area contributed by atoms with Gasteiger partial charge in [0.05, 0.1) is 26.4 Å². The van der Waals surface area contributed by atoms with E-state index in [1.54, 1.807) is 0 Å². The molecule has 8 bridgehead atoms. The van der Waals surface area contributed by atoms with Gasteiger partial charge in [-0.3, -0.25) is 0 Å². The molecule has 0 saturated carbocycles. The number of hydrogen-bond donors (Lipinski definition) is 0. The Morgan fingerprint density at radius 2 is 0.644 bits per heavy atom. The van der Waals surface area contributed by atoms with E-state index in [0.717, 1.165) is 74.4 Å². The highest BCUT2D eigenvalue weighted by molar-refractivity contribution is 5.56. The summed E-state index contributed by atoms with van der Waals surface area (Å²) >= 11 is 0. The highest BCUT2D eigenvalue weighted by Gasteiger charge is 2.22. The molecule has 0 heterocycles. The van der Waals surface area contributed by atoms with Gasteiger partial charge in [0.25, 0.3) is 0 Å². The van der Waals surface area contributed by atoms with Crippen molar-refractivity contribution in [3.8, 4) is 23.0 Å². The number of rotatable bonds is 12. The second-order valence-corrected chi connectivity index (χ2v) is 12.2. The Labute approximate surface area is 270 Å². The number of fused-ring (bicyclic) bond motifs is 8. The van der Waals surface area contributed by atoms with Crippen molar-refractivity contribution in [2.24, 2.45) is 0 Å². The summed E-state index contributed by atoms with van der Waals surface area (Å²) < 4.78 is 26.3. The van der Waals surface area contributed by atoms with Gasteiger partial charge in [0.1, 0.15) is 23.0 Å². The van der Waals surface area contributed by atoms with Gasteiger partial charge in [0.2, 0.25) is 0 Å². The summed E-state index contributed by atoms with van der Waals surface area (Å²) in [6.45, 7) is 13.6. The molecule has 238 valence electrons. The topological polar surface area (TPSA) is 36.9 Å². The van der Waals surface area contributed by atoms with Crippen LogP contribution in [0, 0.1) is 6.92 Å². The van der Waals surface area contributed by atoms with Gasteiger partial charge >= 0.3 is 0 Å². The maximum absolute atomic E-state index is 6.59. The summed E-state index contributed by atoms with van der Waals surface area (Å²) in [5.74, 6) is 3.96. The van der Waals surface area contributed by atoms with E-state index in [4.69, 9.17) is 18.9 Å². The molecule has 0 atom stereocenters. The molecule has 0 aromatic heterocycles. The lowest BCUT2D eigenvalue weighted by Crippen LogP contribution is -2.10. The smallest absolute Gasteiger partial charge is 0.126 e. The molecule has 0 fully saturated rings. The minimum Gasteiger partial charge on any atom is -0.493 e. The number of aryl methyl sites for hydroxylation is 1. The molecule has 4 aromatic rings. The van der Waals surface area contributed by atoms with E-state index in [0.29, 0.717) is 26.4 Å². The van der Waals surface area contributed by atoms with Crippen LogP contribution in [0.1, 0.15) is 103 Å². The number of benzene rings is 4. The molecule has 1 aliphatic carbocycles. The van der Waals surface area contributed by atoms with Gasteiger partial charge in [0, 0.05) is 25.7 Å². The summed E-state index contributed by atoms with van der Waals surface area (Å²) in [5, 5.41) is 0. The molecule has 45 heavy (non-hydrogen) atoms. The molecule has 1 aliphatic rings. The van der Waals surface area contributed by atoms with Gasteiger partial charge < -0.3 is 18.9 Å². The average molecular weight is 607 g/mol. The average Bonchev–Trinajstić information content (AvgIpc) is 3.03. The fourth-order valence-corrected chi connectivity index (χ4v) is 6.32. The molecule has 4 aromatic carbocycles. The van der Waals surface area contributed by atoms with E-state index in [1.165, 1.54) is 50.1 Å². The molecule has 0 aliphatic heterocycles. The Morgan fingerprint density at radius 3 is 0.911 bits per heavy atom. The Morgan fingerprint density at radius 1 is 0.400 bits per heavy atom. The highest BCUT2D eigenvalue weighted by Crippen LogP contribution is 2.39. The summed E-state index contributed by atoms with van der Waals surface area (Å²) in [6, 6.07) is 24.4.